The van der Waals surface area contributed by atoms with Crippen LogP contribution >= 0.6 is 0 Å². The third-order valence-electron chi connectivity index (χ3n) is 16.5. The molecule has 0 unspecified atom stereocenters. The molecule has 4 fully saturated rings. The molecule has 7 nitrogen and oxygen atoms in total. The van der Waals surface area contributed by atoms with Crippen LogP contribution in [0.1, 0.15) is 128 Å². The van der Waals surface area contributed by atoms with E-state index in [4.69, 9.17) is 0 Å². The second-order valence-electron chi connectivity index (χ2n) is 19.5. The minimum absolute atomic E-state index is 0.0171. The molecule has 52 heavy (non-hydrogen) atoms. The molecule has 1 aromatic rings. The van der Waals surface area contributed by atoms with Gasteiger partial charge in [0.15, 0.2) is 0 Å². The smallest absolute Gasteiger partial charge is 0.335 e. The molecule has 9 atom stereocenters. The van der Waals surface area contributed by atoms with Crippen molar-refractivity contribution in [2.24, 2.45) is 56.7 Å². The molecule has 286 valence electrons. The van der Waals surface area contributed by atoms with Crippen LogP contribution in [0.5, 0.6) is 0 Å². The minimum Gasteiger partial charge on any atom is -0.481 e. The van der Waals surface area contributed by atoms with E-state index in [1.54, 1.807) is 12.1 Å². The molecular formula is C45H66N2O5. The third kappa shape index (κ3) is 6.19. The number of carboxylic acids is 2. The number of aliphatic carboxylic acids is 1. The lowest BCUT2D eigenvalue weighted by molar-refractivity contribution is -0.226. The molecule has 0 aromatic heterocycles. The highest BCUT2D eigenvalue weighted by Crippen LogP contribution is 2.77. The zero-order valence-corrected chi connectivity index (χ0v) is 33.4. The summed E-state index contributed by atoms with van der Waals surface area (Å²) >= 11 is 0. The van der Waals surface area contributed by atoms with Crippen molar-refractivity contribution in [1.82, 2.24) is 9.80 Å². The second kappa shape index (κ2) is 13.7. The fourth-order valence-corrected chi connectivity index (χ4v) is 13.8. The van der Waals surface area contributed by atoms with E-state index in [1.165, 1.54) is 43.3 Å². The first-order chi connectivity index (χ1) is 24.3. The molecule has 0 spiro atoms. The number of nitrogens with zero attached hydrogens (tertiary/aromatic N) is 2. The number of carboxylic acid groups (broad SMARTS) is 2. The summed E-state index contributed by atoms with van der Waals surface area (Å²) in [5.74, 6) is 0.824. The topological polar surface area (TPSA) is 98.2 Å². The number of fused-ring (bicyclic) bond motifs is 7. The Balaban J connectivity index is 1.32. The van der Waals surface area contributed by atoms with Crippen LogP contribution in [0.3, 0.4) is 0 Å². The van der Waals surface area contributed by atoms with Crippen LogP contribution in [0, 0.1) is 56.7 Å². The zero-order valence-electron chi connectivity index (χ0n) is 33.4. The predicted molar refractivity (Wildman–Crippen MR) is 208 cm³/mol. The van der Waals surface area contributed by atoms with Gasteiger partial charge in [0.05, 0.1) is 12.0 Å². The molecule has 0 radical (unpaired) electrons. The minimum atomic E-state index is -0.913. The van der Waals surface area contributed by atoms with Crippen molar-refractivity contribution >= 4 is 23.4 Å². The fourth-order valence-electron chi connectivity index (χ4n) is 13.8. The zero-order chi connectivity index (χ0) is 38.0. The van der Waals surface area contributed by atoms with Crippen molar-refractivity contribution in [2.45, 2.75) is 112 Å². The Morgan fingerprint density at radius 2 is 1.52 bits per heavy atom. The first-order valence-electron chi connectivity index (χ1n) is 20.1. The number of aromatic carboxylic acids is 1. The predicted octanol–water partition coefficient (Wildman–Crippen LogP) is 9.29. The van der Waals surface area contributed by atoms with Gasteiger partial charge < -0.3 is 20.0 Å². The SMILES string of the molecule is C=C(C)[C@@H]1CC[C@]2(CN(CCN(C)C)C(=O)CCC(=O)O)CC[C@]3(C)[C@H](CC[C@@H]4[C@@]5(C)CC=C(c6ccc(C(=O)O)cc6)C(C)(C)[C@@H]5CC[C@]43C)[C@@H]12. The van der Waals surface area contributed by atoms with Crippen molar-refractivity contribution in [2.75, 3.05) is 33.7 Å². The van der Waals surface area contributed by atoms with Crippen LogP contribution in [-0.2, 0) is 9.59 Å². The van der Waals surface area contributed by atoms with E-state index in [2.05, 4.69) is 59.1 Å². The highest BCUT2D eigenvalue weighted by Gasteiger charge is 2.70. The Morgan fingerprint density at radius 3 is 2.13 bits per heavy atom. The van der Waals surface area contributed by atoms with E-state index in [1.807, 2.05) is 31.1 Å². The molecule has 4 saturated carbocycles. The lowest BCUT2D eigenvalue weighted by atomic mass is 9.32. The van der Waals surface area contributed by atoms with Crippen LogP contribution in [0.4, 0.5) is 0 Å². The summed E-state index contributed by atoms with van der Waals surface area (Å²) < 4.78 is 0. The molecule has 6 rings (SSSR count). The maximum Gasteiger partial charge on any atom is 0.335 e. The lowest BCUT2D eigenvalue weighted by Crippen LogP contribution is -2.66. The van der Waals surface area contributed by atoms with Gasteiger partial charge in [0, 0.05) is 26.1 Å². The highest BCUT2D eigenvalue weighted by atomic mass is 16.4. The number of benzene rings is 1. The number of amides is 1. The monoisotopic (exact) mass is 714 g/mol. The second-order valence-corrected chi connectivity index (χ2v) is 19.5. The molecule has 5 aliphatic carbocycles. The number of likely N-dealkylation sites (N-methyl/N-ethyl adjacent to an activating group) is 1. The first kappa shape index (κ1) is 38.8. The molecule has 0 heterocycles. The van der Waals surface area contributed by atoms with E-state index in [9.17, 15) is 24.6 Å². The molecule has 0 aliphatic heterocycles. The van der Waals surface area contributed by atoms with Gasteiger partial charge >= 0.3 is 11.9 Å². The molecule has 7 heteroatoms. The summed E-state index contributed by atoms with van der Waals surface area (Å²) in [6.07, 6.45) is 12.9. The van der Waals surface area contributed by atoms with Crippen LogP contribution in [-0.4, -0.2) is 71.6 Å². The molecule has 0 bridgehead atoms. The fraction of sp³-hybridized carbons (Fsp3) is 0.711. The van der Waals surface area contributed by atoms with E-state index in [0.717, 1.165) is 44.3 Å². The number of hydrogen-bond donors (Lipinski definition) is 2. The normalized spacial score (nSPS) is 37.6. The molecule has 1 aromatic carbocycles. The van der Waals surface area contributed by atoms with Gasteiger partial charge in [0.2, 0.25) is 5.91 Å². The Morgan fingerprint density at radius 1 is 0.827 bits per heavy atom. The van der Waals surface area contributed by atoms with Crippen LogP contribution in [0.25, 0.3) is 5.57 Å². The number of rotatable bonds is 11. The van der Waals surface area contributed by atoms with Gasteiger partial charge in [-0.15, -0.1) is 0 Å². The van der Waals surface area contributed by atoms with Gasteiger partial charge in [0.1, 0.15) is 0 Å². The van der Waals surface area contributed by atoms with Crippen molar-refractivity contribution in [3.05, 3.63) is 53.6 Å². The van der Waals surface area contributed by atoms with Crippen molar-refractivity contribution < 1.29 is 24.6 Å². The van der Waals surface area contributed by atoms with Gasteiger partial charge in [-0.1, -0.05) is 65.0 Å². The summed E-state index contributed by atoms with van der Waals surface area (Å²) in [5.41, 5.74) is 4.69. The maximum atomic E-state index is 13.7. The van der Waals surface area contributed by atoms with Crippen LogP contribution < -0.4 is 0 Å². The van der Waals surface area contributed by atoms with Gasteiger partial charge in [-0.3, -0.25) is 9.59 Å². The number of carbonyl (C=O) groups is 3. The maximum absolute atomic E-state index is 13.7. The van der Waals surface area contributed by atoms with Crippen LogP contribution in [0.15, 0.2) is 42.5 Å². The van der Waals surface area contributed by atoms with E-state index in [0.29, 0.717) is 41.7 Å². The van der Waals surface area contributed by atoms with Gasteiger partial charge in [-0.05, 0) is 159 Å². The lowest BCUT2D eigenvalue weighted by Gasteiger charge is -2.72. The van der Waals surface area contributed by atoms with Gasteiger partial charge in [0.25, 0.3) is 0 Å². The average molecular weight is 715 g/mol. The summed E-state index contributed by atoms with van der Waals surface area (Å²) in [6, 6.07) is 7.52. The Labute approximate surface area is 313 Å². The summed E-state index contributed by atoms with van der Waals surface area (Å²) in [7, 11) is 4.08. The van der Waals surface area contributed by atoms with Crippen molar-refractivity contribution in [3.63, 3.8) is 0 Å². The quantitative estimate of drug-likeness (QED) is 0.222. The third-order valence-corrected chi connectivity index (χ3v) is 16.5. The number of carbonyl (C=O) groups excluding carboxylic acids is 1. The van der Waals surface area contributed by atoms with Crippen molar-refractivity contribution in [3.8, 4) is 0 Å². The van der Waals surface area contributed by atoms with E-state index in [-0.39, 0.29) is 45.8 Å². The summed E-state index contributed by atoms with van der Waals surface area (Å²) in [5, 5.41) is 18.9. The molecule has 1 amide bonds. The summed E-state index contributed by atoms with van der Waals surface area (Å²) in [6.45, 7) is 21.8. The molecule has 2 N–H and O–H groups in total. The summed E-state index contributed by atoms with van der Waals surface area (Å²) in [4.78, 5) is 40.9. The van der Waals surface area contributed by atoms with Crippen LogP contribution in [0.2, 0.25) is 0 Å². The Bertz CT molecular complexity index is 1610. The standard InChI is InChI=1S/C45H66N2O5/c1-29(2)32-18-23-45(28-47(27-26-46(8)9)37(48)16-17-38(49)50)25-24-43(6)34(39(32)45)14-15-36-42(5)21-19-33(30-10-12-31(13-11-30)40(51)52)41(3,4)35(42)20-22-44(36,43)7/h10-13,19,32,34-36,39H,1,14-18,20-28H2,2-9H3,(H,49,50)(H,51,52)/t32-,34+,35-,36+,39+,42-,43+,44+,45+/m0/s1. The van der Waals surface area contributed by atoms with Crippen molar-refractivity contribution in [1.29, 1.82) is 0 Å². The largest absolute Gasteiger partial charge is 0.481 e. The van der Waals surface area contributed by atoms with E-state index < -0.39 is 11.9 Å². The highest BCUT2D eigenvalue weighted by molar-refractivity contribution is 5.88. The first-order valence-corrected chi connectivity index (χ1v) is 20.1. The molecule has 5 aliphatic rings. The Hall–Kier alpha value is -2.93. The van der Waals surface area contributed by atoms with E-state index >= 15 is 0 Å². The number of allylic oxidation sites excluding steroid dienone is 3. The molecular weight excluding hydrogens is 649 g/mol. The van der Waals surface area contributed by atoms with Gasteiger partial charge in [-0.25, -0.2) is 4.79 Å². The Kier molecular flexibility index (Phi) is 10.2. The number of hydrogen-bond acceptors (Lipinski definition) is 4. The van der Waals surface area contributed by atoms with Gasteiger partial charge in [-0.2, -0.15) is 0 Å². The molecule has 0 saturated heterocycles. The average Bonchev–Trinajstić information content (AvgIpc) is 3.45.